The summed E-state index contributed by atoms with van der Waals surface area (Å²) in [6.07, 6.45) is 0. The van der Waals surface area contributed by atoms with Crippen LogP contribution in [-0.2, 0) is 4.79 Å². The molecule has 4 rings (SSSR count). The van der Waals surface area contributed by atoms with Gasteiger partial charge >= 0.3 is 0 Å². The van der Waals surface area contributed by atoms with Crippen LogP contribution in [-0.4, -0.2) is 61.8 Å². The lowest BCUT2D eigenvalue weighted by atomic mass is 10.3. The van der Waals surface area contributed by atoms with Crippen molar-refractivity contribution in [3.05, 3.63) is 42.5 Å². The zero-order valence-corrected chi connectivity index (χ0v) is 18.7. The molecule has 0 unspecified atom stereocenters. The number of fused-ring (bicyclic) bond motifs is 2. The summed E-state index contributed by atoms with van der Waals surface area (Å²) in [5.74, 6) is 1.98. The van der Waals surface area contributed by atoms with Crippen molar-refractivity contribution in [2.24, 2.45) is 0 Å². The number of nitrogens with zero attached hydrogens (tertiary/aromatic N) is 3. The van der Waals surface area contributed by atoms with E-state index in [4.69, 9.17) is 19.2 Å². The second-order valence-corrected chi connectivity index (χ2v) is 8.14. The highest BCUT2D eigenvalue weighted by molar-refractivity contribution is 7.22. The topological polar surface area (TPSA) is 64.1 Å². The molecular formula is C23H27N3O4S. The standard InChI is InChI=1S/C23H27N3O4S/c1-3-25(4-2)10-11-26(22(27)16-30-17-8-6-5-7-9-17)23-24-18-14-19-20(15-21(18)31-23)29-13-12-28-19/h5-9,14-15H,3-4,10-13,16H2,1-2H3. The van der Waals surface area contributed by atoms with Crippen molar-refractivity contribution in [1.29, 1.82) is 0 Å². The van der Waals surface area contributed by atoms with Gasteiger partial charge in [-0.15, -0.1) is 0 Å². The van der Waals surface area contributed by atoms with Gasteiger partial charge < -0.3 is 19.1 Å². The number of ether oxygens (including phenoxy) is 3. The van der Waals surface area contributed by atoms with Crippen LogP contribution in [0.5, 0.6) is 17.2 Å². The van der Waals surface area contributed by atoms with Gasteiger partial charge in [-0.25, -0.2) is 4.98 Å². The van der Waals surface area contributed by atoms with E-state index in [1.807, 2.05) is 42.5 Å². The first-order chi connectivity index (χ1) is 15.2. The molecule has 7 nitrogen and oxygen atoms in total. The molecule has 0 saturated heterocycles. The second-order valence-electron chi connectivity index (χ2n) is 7.13. The van der Waals surface area contributed by atoms with Gasteiger partial charge in [-0.2, -0.15) is 0 Å². The van der Waals surface area contributed by atoms with E-state index in [0.29, 0.717) is 36.4 Å². The fourth-order valence-electron chi connectivity index (χ4n) is 3.42. The summed E-state index contributed by atoms with van der Waals surface area (Å²) in [4.78, 5) is 21.9. The normalized spacial score (nSPS) is 12.9. The van der Waals surface area contributed by atoms with Crippen LogP contribution in [0.4, 0.5) is 5.13 Å². The maximum atomic E-state index is 13.1. The minimum Gasteiger partial charge on any atom is -0.486 e. The number of hydrogen-bond acceptors (Lipinski definition) is 7. The predicted octanol–water partition coefficient (Wildman–Crippen LogP) is 3.82. The molecular weight excluding hydrogens is 414 g/mol. The summed E-state index contributed by atoms with van der Waals surface area (Å²) in [5.41, 5.74) is 0.800. The largest absolute Gasteiger partial charge is 0.486 e. The maximum Gasteiger partial charge on any atom is 0.266 e. The third-order valence-electron chi connectivity index (χ3n) is 5.21. The van der Waals surface area contributed by atoms with Crippen molar-refractivity contribution in [2.75, 3.05) is 50.9 Å². The molecule has 164 valence electrons. The molecule has 0 saturated carbocycles. The molecule has 0 N–H and O–H groups in total. The minimum atomic E-state index is -0.118. The smallest absolute Gasteiger partial charge is 0.266 e. The molecule has 1 aliphatic rings. The highest BCUT2D eigenvalue weighted by atomic mass is 32.1. The number of aromatic nitrogens is 1. The molecule has 0 bridgehead atoms. The van der Waals surface area contributed by atoms with Gasteiger partial charge in [0.2, 0.25) is 0 Å². The highest BCUT2D eigenvalue weighted by Crippen LogP contribution is 2.38. The Balaban J connectivity index is 1.57. The summed E-state index contributed by atoms with van der Waals surface area (Å²) in [7, 11) is 0. The number of thiazole rings is 1. The molecule has 2 aromatic carbocycles. The number of amides is 1. The lowest BCUT2D eigenvalue weighted by Crippen LogP contribution is -2.41. The van der Waals surface area contributed by atoms with Crippen molar-refractivity contribution in [1.82, 2.24) is 9.88 Å². The van der Waals surface area contributed by atoms with Gasteiger partial charge in [0.1, 0.15) is 19.0 Å². The minimum absolute atomic E-state index is 0.0408. The Morgan fingerprint density at radius 3 is 2.48 bits per heavy atom. The average molecular weight is 442 g/mol. The van der Waals surface area contributed by atoms with Gasteiger partial charge in [0.25, 0.3) is 5.91 Å². The Morgan fingerprint density at radius 1 is 1.06 bits per heavy atom. The van der Waals surface area contributed by atoms with Gasteiger partial charge in [0.15, 0.2) is 23.2 Å². The van der Waals surface area contributed by atoms with E-state index in [9.17, 15) is 4.79 Å². The van der Waals surface area contributed by atoms with Crippen molar-refractivity contribution >= 4 is 32.6 Å². The molecule has 2 heterocycles. The number of para-hydroxylation sites is 1. The van der Waals surface area contributed by atoms with Crippen molar-refractivity contribution in [2.45, 2.75) is 13.8 Å². The van der Waals surface area contributed by atoms with Crippen molar-refractivity contribution in [3.8, 4) is 17.2 Å². The fraction of sp³-hybridized carbons (Fsp3) is 0.391. The summed E-state index contributed by atoms with van der Waals surface area (Å²) in [6.45, 7) is 8.44. The van der Waals surface area contributed by atoms with Crippen LogP contribution >= 0.6 is 11.3 Å². The van der Waals surface area contributed by atoms with Crippen molar-refractivity contribution in [3.63, 3.8) is 0 Å². The molecule has 0 fully saturated rings. The Hall–Kier alpha value is -2.84. The molecule has 1 aromatic heterocycles. The molecule has 1 aliphatic heterocycles. The van der Waals surface area contributed by atoms with Crippen LogP contribution in [0.2, 0.25) is 0 Å². The van der Waals surface area contributed by atoms with Gasteiger partial charge in [-0.05, 0) is 25.2 Å². The van der Waals surface area contributed by atoms with Gasteiger partial charge in [0.05, 0.1) is 10.2 Å². The van der Waals surface area contributed by atoms with E-state index in [1.165, 1.54) is 11.3 Å². The van der Waals surface area contributed by atoms with E-state index in [-0.39, 0.29) is 12.5 Å². The monoisotopic (exact) mass is 441 g/mol. The number of carbonyl (C=O) groups excluding carboxylic acids is 1. The summed E-state index contributed by atoms with van der Waals surface area (Å²) in [5, 5.41) is 0.658. The summed E-state index contributed by atoms with van der Waals surface area (Å²) >= 11 is 1.48. The SMILES string of the molecule is CCN(CC)CCN(C(=O)COc1ccccc1)c1nc2cc3c(cc2s1)OCCO3. The zero-order chi connectivity index (χ0) is 21.6. The van der Waals surface area contributed by atoms with E-state index < -0.39 is 0 Å². The number of benzene rings is 2. The third kappa shape index (κ3) is 5.08. The van der Waals surface area contributed by atoms with Gasteiger partial charge in [-0.1, -0.05) is 43.4 Å². The lowest BCUT2D eigenvalue weighted by Gasteiger charge is -2.24. The molecule has 0 aliphatic carbocycles. The van der Waals surface area contributed by atoms with E-state index in [0.717, 1.165) is 35.6 Å². The number of anilines is 1. The molecule has 0 radical (unpaired) electrons. The number of rotatable bonds is 9. The first-order valence-electron chi connectivity index (χ1n) is 10.6. The van der Waals surface area contributed by atoms with Gasteiger partial charge in [-0.3, -0.25) is 9.69 Å². The summed E-state index contributed by atoms with van der Waals surface area (Å²) in [6, 6.07) is 13.2. The molecule has 31 heavy (non-hydrogen) atoms. The Bertz CT molecular complexity index is 977. The van der Waals surface area contributed by atoms with Gasteiger partial charge in [0, 0.05) is 25.2 Å². The Morgan fingerprint density at radius 2 is 1.77 bits per heavy atom. The van der Waals surface area contributed by atoms with Crippen LogP contribution in [0.1, 0.15) is 13.8 Å². The van der Waals surface area contributed by atoms with E-state index in [2.05, 4.69) is 18.7 Å². The summed E-state index contributed by atoms with van der Waals surface area (Å²) < 4.78 is 18.0. The molecule has 8 heteroatoms. The zero-order valence-electron chi connectivity index (χ0n) is 17.9. The van der Waals surface area contributed by atoms with E-state index >= 15 is 0 Å². The van der Waals surface area contributed by atoms with Crippen LogP contribution in [0.15, 0.2) is 42.5 Å². The number of likely N-dealkylation sites (N-methyl/N-ethyl adjacent to an activating group) is 1. The second kappa shape index (κ2) is 9.98. The highest BCUT2D eigenvalue weighted by Gasteiger charge is 2.23. The van der Waals surface area contributed by atoms with Crippen LogP contribution in [0, 0.1) is 0 Å². The number of hydrogen-bond donors (Lipinski definition) is 0. The van der Waals surface area contributed by atoms with Crippen LogP contribution < -0.4 is 19.1 Å². The number of carbonyl (C=O) groups is 1. The van der Waals surface area contributed by atoms with Crippen molar-refractivity contribution < 1.29 is 19.0 Å². The van der Waals surface area contributed by atoms with Crippen LogP contribution in [0.3, 0.4) is 0 Å². The molecule has 1 amide bonds. The molecule has 0 atom stereocenters. The predicted molar refractivity (Wildman–Crippen MR) is 123 cm³/mol. The average Bonchev–Trinajstić information content (AvgIpc) is 3.21. The molecule has 0 spiro atoms. The first kappa shape index (κ1) is 21.4. The fourth-order valence-corrected chi connectivity index (χ4v) is 4.44. The van der Waals surface area contributed by atoms with E-state index in [1.54, 1.807) is 4.90 Å². The third-order valence-corrected chi connectivity index (χ3v) is 6.25. The maximum absolute atomic E-state index is 13.1. The Labute approximate surface area is 186 Å². The first-order valence-corrected chi connectivity index (χ1v) is 11.4. The lowest BCUT2D eigenvalue weighted by molar-refractivity contribution is -0.120. The Kier molecular flexibility index (Phi) is 6.89. The van der Waals surface area contributed by atoms with Crippen LogP contribution in [0.25, 0.3) is 10.2 Å². The quantitative estimate of drug-likeness (QED) is 0.503. The molecule has 3 aromatic rings.